The molecular weight excluding hydrogens is 387 g/mol. The third-order valence-corrected chi connectivity index (χ3v) is 6.32. The fraction of sp³-hybridized carbons (Fsp3) is 0.435. The highest BCUT2D eigenvalue weighted by atomic mass is 31.2. The van der Waals surface area contributed by atoms with Gasteiger partial charge in [0.25, 0.3) is 0 Å². The van der Waals surface area contributed by atoms with Crippen LogP contribution in [0.3, 0.4) is 0 Å². The maximum atomic E-state index is 13.3. The van der Waals surface area contributed by atoms with Gasteiger partial charge in [0.05, 0.1) is 26.0 Å². The van der Waals surface area contributed by atoms with Gasteiger partial charge >= 0.3 is 13.6 Å². The highest BCUT2D eigenvalue weighted by Gasteiger charge is 2.24. The standard InChI is InChI=1S/C23H31O5P/c1-2-26-23(24)17-11-3-4-12-18-29(25,27-19-21-13-7-5-8-14-21)28-20-22-15-9-6-10-16-22/h5-10,13-16H,2-4,11-12,17-20H2,1H3. The maximum Gasteiger partial charge on any atom is 0.331 e. The van der Waals surface area contributed by atoms with Crippen molar-refractivity contribution in [2.45, 2.75) is 52.2 Å². The number of carbonyl (C=O) groups is 1. The lowest BCUT2D eigenvalue weighted by Gasteiger charge is -2.19. The molecule has 29 heavy (non-hydrogen) atoms. The van der Waals surface area contributed by atoms with Crippen molar-refractivity contribution in [3.05, 3.63) is 71.8 Å². The zero-order valence-electron chi connectivity index (χ0n) is 17.1. The fourth-order valence-corrected chi connectivity index (χ4v) is 4.46. The lowest BCUT2D eigenvalue weighted by atomic mass is 10.1. The molecule has 0 aromatic heterocycles. The second kappa shape index (κ2) is 13.3. The smallest absolute Gasteiger partial charge is 0.331 e. The quantitative estimate of drug-likeness (QED) is 0.210. The number of unbranched alkanes of at least 4 members (excludes halogenated alkanes) is 3. The van der Waals surface area contributed by atoms with Crippen molar-refractivity contribution >= 4 is 13.6 Å². The molecule has 2 aromatic rings. The average Bonchev–Trinajstić information content (AvgIpc) is 2.75. The summed E-state index contributed by atoms with van der Waals surface area (Å²) in [5, 5.41) is 0. The van der Waals surface area contributed by atoms with Gasteiger partial charge in [0.1, 0.15) is 0 Å². The van der Waals surface area contributed by atoms with Gasteiger partial charge < -0.3 is 13.8 Å². The largest absolute Gasteiger partial charge is 0.466 e. The SMILES string of the molecule is CCOC(=O)CCCCCCP(=O)(OCc1ccccc1)OCc1ccccc1. The molecule has 0 fully saturated rings. The van der Waals surface area contributed by atoms with Crippen molar-refractivity contribution in [2.24, 2.45) is 0 Å². The van der Waals surface area contributed by atoms with E-state index in [9.17, 15) is 9.36 Å². The maximum absolute atomic E-state index is 13.3. The summed E-state index contributed by atoms with van der Waals surface area (Å²) in [7, 11) is -3.22. The number of rotatable bonds is 14. The summed E-state index contributed by atoms with van der Waals surface area (Å²) in [6, 6.07) is 19.4. The first-order valence-electron chi connectivity index (χ1n) is 10.2. The van der Waals surface area contributed by atoms with Crippen LogP contribution < -0.4 is 0 Å². The van der Waals surface area contributed by atoms with E-state index in [2.05, 4.69) is 0 Å². The second-order valence-corrected chi connectivity index (χ2v) is 9.01. The summed E-state index contributed by atoms with van der Waals surface area (Å²) in [6.07, 6.45) is 4.05. The highest BCUT2D eigenvalue weighted by molar-refractivity contribution is 7.53. The number of ether oxygens (including phenoxy) is 1. The first-order valence-corrected chi connectivity index (χ1v) is 12.0. The highest BCUT2D eigenvalue weighted by Crippen LogP contribution is 2.50. The van der Waals surface area contributed by atoms with Crippen molar-refractivity contribution in [3.63, 3.8) is 0 Å². The van der Waals surface area contributed by atoms with Crippen LogP contribution in [-0.4, -0.2) is 18.7 Å². The Hall–Kier alpha value is -1.94. The minimum Gasteiger partial charge on any atom is -0.466 e. The Bertz CT molecular complexity index is 701. The van der Waals surface area contributed by atoms with Crippen LogP contribution in [-0.2, 0) is 36.4 Å². The summed E-state index contributed by atoms with van der Waals surface area (Å²) in [5.41, 5.74) is 1.93. The molecule has 6 heteroatoms. The number of carbonyl (C=O) groups excluding carboxylic acids is 1. The van der Waals surface area contributed by atoms with E-state index in [0.717, 1.165) is 36.8 Å². The van der Waals surface area contributed by atoms with Crippen molar-refractivity contribution in [2.75, 3.05) is 12.8 Å². The summed E-state index contributed by atoms with van der Waals surface area (Å²) in [6.45, 7) is 2.74. The van der Waals surface area contributed by atoms with Gasteiger partial charge in [-0.15, -0.1) is 0 Å². The molecule has 0 saturated carbocycles. The molecule has 2 rings (SSSR count). The fourth-order valence-electron chi connectivity index (χ4n) is 2.82. The Labute approximate surface area is 173 Å². The van der Waals surface area contributed by atoms with Crippen molar-refractivity contribution < 1.29 is 23.1 Å². The van der Waals surface area contributed by atoms with E-state index < -0.39 is 7.60 Å². The molecular formula is C23H31O5P. The minimum absolute atomic E-state index is 0.157. The molecule has 2 aromatic carbocycles. The van der Waals surface area contributed by atoms with Crippen molar-refractivity contribution in [3.8, 4) is 0 Å². The van der Waals surface area contributed by atoms with Gasteiger partial charge in [0.15, 0.2) is 0 Å². The van der Waals surface area contributed by atoms with Gasteiger partial charge in [0.2, 0.25) is 0 Å². The van der Waals surface area contributed by atoms with Crippen LogP contribution in [0.2, 0.25) is 0 Å². The van der Waals surface area contributed by atoms with Crippen molar-refractivity contribution in [1.29, 1.82) is 0 Å². The Morgan fingerprint density at radius 3 is 1.83 bits per heavy atom. The van der Waals surface area contributed by atoms with Gasteiger partial charge in [-0.1, -0.05) is 73.5 Å². The lowest BCUT2D eigenvalue weighted by molar-refractivity contribution is -0.143. The Morgan fingerprint density at radius 1 is 0.793 bits per heavy atom. The number of hydrogen-bond donors (Lipinski definition) is 0. The predicted octanol–water partition coefficient (Wildman–Crippen LogP) is 6.13. The van der Waals surface area contributed by atoms with Crippen LogP contribution in [0.5, 0.6) is 0 Å². The van der Waals surface area contributed by atoms with E-state index in [0.29, 0.717) is 19.2 Å². The number of esters is 1. The average molecular weight is 418 g/mol. The molecule has 0 saturated heterocycles. The second-order valence-electron chi connectivity index (χ2n) is 6.82. The van der Waals surface area contributed by atoms with E-state index in [1.807, 2.05) is 60.7 Å². The monoisotopic (exact) mass is 418 g/mol. The molecule has 0 aliphatic rings. The molecule has 0 atom stereocenters. The zero-order valence-corrected chi connectivity index (χ0v) is 18.0. The Morgan fingerprint density at radius 2 is 1.31 bits per heavy atom. The molecule has 5 nitrogen and oxygen atoms in total. The third-order valence-electron chi connectivity index (χ3n) is 4.41. The van der Waals surface area contributed by atoms with Gasteiger partial charge in [-0.25, -0.2) is 0 Å². The van der Waals surface area contributed by atoms with Crippen LogP contribution >= 0.6 is 7.60 Å². The Balaban J connectivity index is 1.81. The topological polar surface area (TPSA) is 61.8 Å². The molecule has 0 amide bonds. The van der Waals surface area contributed by atoms with E-state index in [-0.39, 0.29) is 19.2 Å². The van der Waals surface area contributed by atoms with E-state index in [1.54, 1.807) is 6.92 Å². The summed E-state index contributed by atoms with van der Waals surface area (Å²) in [4.78, 5) is 11.4. The summed E-state index contributed by atoms with van der Waals surface area (Å²) < 4.78 is 29.7. The summed E-state index contributed by atoms with van der Waals surface area (Å²) >= 11 is 0. The van der Waals surface area contributed by atoms with Gasteiger partial charge in [-0.2, -0.15) is 0 Å². The normalized spacial score (nSPS) is 11.3. The number of hydrogen-bond acceptors (Lipinski definition) is 5. The van der Waals surface area contributed by atoms with Crippen molar-refractivity contribution in [1.82, 2.24) is 0 Å². The molecule has 0 aliphatic heterocycles. The number of benzene rings is 2. The molecule has 0 bridgehead atoms. The molecule has 0 radical (unpaired) electrons. The first-order chi connectivity index (χ1) is 14.1. The first kappa shape index (κ1) is 23.3. The van der Waals surface area contributed by atoms with E-state index in [1.165, 1.54) is 0 Å². The summed E-state index contributed by atoms with van der Waals surface area (Å²) in [5.74, 6) is -0.157. The van der Waals surface area contributed by atoms with Crippen LogP contribution in [0, 0.1) is 0 Å². The lowest BCUT2D eigenvalue weighted by Crippen LogP contribution is -2.04. The van der Waals surface area contributed by atoms with Gasteiger partial charge in [-0.05, 0) is 30.9 Å². The molecule has 0 N–H and O–H groups in total. The van der Waals surface area contributed by atoms with Gasteiger partial charge in [-0.3, -0.25) is 9.36 Å². The predicted molar refractivity (Wildman–Crippen MR) is 115 cm³/mol. The molecule has 0 unspecified atom stereocenters. The van der Waals surface area contributed by atoms with E-state index >= 15 is 0 Å². The van der Waals surface area contributed by atoms with Crippen LogP contribution in [0.4, 0.5) is 0 Å². The molecule has 0 aliphatic carbocycles. The van der Waals surface area contributed by atoms with Gasteiger partial charge in [0, 0.05) is 6.42 Å². The third kappa shape index (κ3) is 9.89. The zero-order chi connectivity index (χ0) is 20.8. The van der Waals surface area contributed by atoms with Crippen LogP contribution in [0.25, 0.3) is 0 Å². The molecule has 0 spiro atoms. The van der Waals surface area contributed by atoms with Crippen LogP contribution in [0.15, 0.2) is 60.7 Å². The van der Waals surface area contributed by atoms with Crippen LogP contribution in [0.1, 0.15) is 50.2 Å². The molecule has 158 valence electrons. The molecule has 0 heterocycles. The Kier molecular flexibility index (Phi) is 10.7. The van der Waals surface area contributed by atoms with E-state index in [4.69, 9.17) is 13.8 Å². The minimum atomic E-state index is -3.22.